The van der Waals surface area contributed by atoms with E-state index in [2.05, 4.69) is 18.7 Å². The predicted molar refractivity (Wildman–Crippen MR) is 97.2 cm³/mol. The Morgan fingerprint density at radius 3 is 1.77 bits per heavy atom. The lowest BCUT2D eigenvalue weighted by molar-refractivity contribution is -0.964. The molecular weight excluding hydrogens is 268 g/mol. The van der Waals surface area contributed by atoms with E-state index in [4.69, 9.17) is 0 Å². The Hall–Kier alpha value is -0.0800. The number of piperazine rings is 3. The van der Waals surface area contributed by atoms with Gasteiger partial charge in [-0.15, -0.1) is 0 Å². The molecule has 1 unspecified atom stereocenters. The van der Waals surface area contributed by atoms with Gasteiger partial charge in [0.05, 0.1) is 25.7 Å². The second-order valence-corrected chi connectivity index (χ2v) is 7.94. The van der Waals surface area contributed by atoms with Gasteiger partial charge in [0.15, 0.2) is 0 Å². The molecule has 3 aliphatic rings. The molecule has 0 amide bonds. The van der Waals surface area contributed by atoms with Gasteiger partial charge in [0, 0.05) is 19.6 Å². The van der Waals surface area contributed by atoms with Crippen LogP contribution in [-0.4, -0.2) is 54.7 Å². The van der Waals surface area contributed by atoms with Crippen LogP contribution >= 0.6 is 0 Å². The van der Waals surface area contributed by atoms with E-state index < -0.39 is 0 Å². The number of quaternary nitrogens is 1. The molecule has 0 aromatic carbocycles. The van der Waals surface area contributed by atoms with Crippen LogP contribution in [0.2, 0.25) is 0 Å². The lowest BCUT2D eigenvalue weighted by Crippen LogP contribution is -2.70. The van der Waals surface area contributed by atoms with Crippen molar-refractivity contribution in [3.05, 3.63) is 0 Å². The summed E-state index contributed by atoms with van der Waals surface area (Å²) in [4.78, 5) is 2.68. The van der Waals surface area contributed by atoms with Gasteiger partial charge in [-0.05, 0) is 19.3 Å². The van der Waals surface area contributed by atoms with Gasteiger partial charge in [0.1, 0.15) is 0 Å². The molecule has 0 saturated carbocycles. The van der Waals surface area contributed by atoms with E-state index in [1.54, 1.807) is 0 Å². The van der Waals surface area contributed by atoms with Gasteiger partial charge in [0.2, 0.25) is 0 Å². The van der Waals surface area contributed by atoms with Crippen molar-refractivity contribution in [1.82, 2.24) is 4.90 Å². The average Bonchev–Trinajstić information content (AvgIpc) is 2.58. The second kappa shape index (κ2) is 9.93. The molecule has 1 atom stereocenters. The molecule has 2 heteroatoms. The summed E-state index contributed by atoms with van der Waals surface area (Å²) in [6.45, 7) is 13.2. The molecule has 3 fully saturated rings. The average molecular weight is 310 g/mol. The molecule has 2 bridgehead atoms. The van der Waals surface area contributed by atoms with Crippen molar-refractivity contribution >= 4 is 0 Å². The first-order chi connectivity index (χ1) is 10.8. The Morgan fingerprint density at radius 1 is 0.682 bits per heavy atom. The maximum atomic E-state index is 2.68. The minimum absolute atomic E-state index is 0.979. The minimum atomic E-state index is 0.979. The zero-order valence-electron chi connectivity index (χ0n) is 15.5. The van der Waals surface area contributed by atoms with Crippen LogP contribution in [0.25, 0.3) is 0 Å². The van der Waals surface area contributed by atoms with Crippen LogP contribution in [-0.2, 0) is 0 Å². The predicted octanol–water partition coefficient (Wildman–Crippen LogP) is 4.83. The van der Waals surface area contributed by atoms with Crippen molar-refractivity contribution in [1.29, 1.82) is 0 Å². The molecule has 3 rings (SSSR count). The highest BCUT2D eigenvalue weighted by Crippen LogP contribution is 2.29. The largest absolute Gasteiger partial charge is 0.318 e. The molecule has 0 aromatic heterocycles. The fourth-order valence-electron chi connectivity index (χ4n) is 4.78. The number of fused-ring (bicyclic) bond motifs is 3. The molecule has 0 N–H and O–H groups in total. The first kappa shape index (κ1) is 18.3. The maximum Gasteiger partial charge on any atom is 0.0918 e. The highest BCUT2D eigenvalue weighted by atomic mass is 15.5. The van der Waals surface area contributed by atoms with Crippen molar-refractivity contribution in [2.24, 2.45) is 0 Å². The Kier molecular flexibility index (Phi) is 8.24. The monoisotopic (exact) mass is 309 g/mol. The molecule has 0 aliphatic carbocycles. The second-order valence-electron chi connectivity index (χ2n) is 7.94. The topological polar surface area (TPSA) is 3.24 Å². The number of hydrogen-bond donors (Lipinski definition) is 0. The van der Waals surface area contributed by atoms with Crippen LogP contribution in [0.4, 0.5) is 0 Å². The summed E-state index contributed by atoms with van der Waals surface area (Å²) in [5.41, 5.74) is 0. The quantitative estimate of drug-likeness (QED) is 0.368. The van der Waals surface area contributed by atoms with Crippen LogP contribution in [0, 0.1) is 0 Å². The molecule has 3 heterocycles. The van der Waals surface area contributed by atoms with Crippen molar-refractivity contribution in [3.63, 3.8) is 0 Å². The first-order valence-electron chi connectivity index (χ1n) is 10.4. The molecule has 3 saturated heterocycles. The van der Waals surface area contributed by atoms with Crippen LogP contribution < -0.4 is 0 Å². The Balaban J connectivity index is 1.64. The Morgan fingerprint density at radius 2 is 1.23 bits per heavy atom. The van der Waals surface area contributed by atoms with Crippen molar-refractivity contribution in [2.75, 3.05) is 39.3 Å². The molecule has 2 nitrogen and oxygen atoms in total. The molecule has 0 radical (unpaired) electrons. The van der Waals surface area contributed by atoms with Crippen molar-refractivity contribution in [3.8, 4) is 0 Å². The molecule has 0 aromatic rings. The van der Waals surface area contributed by atoms with E-state index in [1.807, 2.05) is 0 Å². The molecule has 3 aliphatic heterocycles. The summed E-state index contributed by atoms with van der Waals surface area (Å²) in [6, 6.07) is 0.979. The van der Waals surface area contributed by atoms with Crippen LogP contribution in [0.15, 0.2) is 0 Å². The molecule has 0 spiro atoms. The number of unbranched alkanes of at least 4 members (excludes halogenated alkanes) is 7. The molecule has 130 valence electrons. The third-order valence-corrected chi connectivity index (χ3v) is 6.37. The number of rotatable bonds is 12. The number of hydrogen-bond acceptors (Lipinski definition) is 1. The van der Waals surface area contributed by atoms with E-state index in [0.29, 0.717) is 0 Å². The van der Waals surface area contributed by atoms with Crippen LogP contribution in [0.3, 0.4) is 0 Å². The van der Waals surface area contributed by atoms with E-state index in [9.17, 15) is 0 Å². The van der Waals surface area contributed by atoms with Crippen molar-refractivity contribution in [2.45, 2.75) is 90.5 Å². The van der Waals surface area contributed by atoms with Gasteiger partial charge >= 0.3 is 0 Å². The standard InChI is InChI=1S/C20H41N2/c1-3-5-6-7-8-9-10-11-13-20(12-4-2)22-17-14-21(15-18-22)16-19-22/h20H,3-19H2,1-2H3/q+1. The highest BCUT2D eigenvalue weighted by Gasteiger charge is 2.43. The summed E-state index contributed by atoms with van der Waals surface area (Å²) in [6.07, 6.45) is 16.0. The van der Waals surface area contributed by atoms with Gasteiger partial charge in [-0.25, -0.2) is 0 Å². The third-order valence-electron chi connectivity index (χ3n) is 6.37. The highest BCUT2D eigenvalue weighted by molar-refractivity contribution is 4.75. The summed E-state index contributed by atoms with van der Waals surface area (Å²) in [5, 5.41) is 0. The Bertz CT molecular complexity index is 268. The zero-order chi connectivity index (χ0) is 15.7. The maximum absolute atomic E-state index is 2.68. The minimum Gasteiger partial charge on any atom is -0.318 e. The van der Waals surface area contributed by atoms with E-state index >= 15 is 0 Å². The summed E-state index contributed by atoms with van der Waals surface area (Å²) in [7, 11) is 0. The lowest BCUT2D eigenvalue weighted by Gasteiger charge is -2.54. The first-order valence-corrected chi connectivity index (χ1v) is 10.4. The van der Waals surface area contributed by atoms with Gasteiger partial charge in [-0.3, -0.25) is 4.90 Å². The van der Waals surface area contributed by atoms with Gasteiger partial charge in [-0.2, -0.15) is 0 Å². The fourth-order valence-corrected chi connectivity index (χ4v) is 4.78. The number of nitrogens with zero attached hydrogens (tertiary/aromatic N) is 2. The van der Waals surface area contributed by atoms with E-state index in [0.717, 1.165) is 6.04 Å². The summed E-state index contributed by atoms with van der Waals surface area (Å²) in [5.74, 6) is 0. The molecule has 22 heavy (non-hydrogen) atoms. The summed E-state index contributed by atoms with van der Waals surface area (Å²) < 4.78 is 1.49. The van der Waals surface area contributed by atoms with Gasteiger partial charge in [-0.1, -0.05) is 65.2 Å². The molecular formula is C20H41N2+. The smallest absolute Gasteiger partial charge is 0.0918 e. The van der Waals surface area contributed by atoms with E-state index in [-0.39, 0.29) is 0 Å². The normalized spacial score (nSPS) is 28.9. The van der Waals surface area contributed by atoms with Gasteiger partial charge in [0.25, 0.3) is 0 Å². The van der Waals surface area contributed by atoms with Crippen LogP contribution in [0.5, 0.6) is 0 Å². The zero-order valence-corrected chi connectivity index (χ0v) is 15.5. The lowest BCUT2D eigenvalue weighted by atomic mass is 9.95. The fraction of sp³-hybridized carbons (Fsp3) is 1.00. The van der Waals surface area contributed by atoms with E-state index in [1.165, 1.54) is 114 Å². The SMILES string of the molecule is CCCCCCCCCCC(CCC)[N+]12CCN(CC1)CC2. The van der Waals surface area contributed by atoms with Crippen molar-refractivity contribution < 1.29 is 4.48 Å². The van der Waals surface area contributed by atoms with Gasteiger partial charge < -0.3 is 4.48 Å². The van der Waals surface area contributed by atoms with Crippen LogP contribution in [0.1, 0.15) is 84.5 Å². The summed E-state index contributed by atoms with van der Waals surface area (Å²) >= 11 is 0. The third kappa shape index (κ3) is 5.23. The Labute approximate surface area is 139 Å².